The van der Waals surface area contributed by atoms with Crippen LogP contribution in [0.1, 0.15) is 28.8 Å². The highest BCUT2D eigenvalue weighted by molar-refractivity contribution is 5.97. The van der Waals surface area contributed by atoms with Crippen LogP contribution in [0.3, 0.4) is 0 Å². The number of esters is 1. The van der Waals surface area contributed by atoms with Crippen molar-refractivity contribution in [2.75, 3.05) is 20.3 Å². The van der Waals surface area contributed by atoms with E-state index in [2.05, 4.69) is 0 Å². The third kappa shape index (κ3) is 2.13. The summed E-state index contributed by atoms with van der Waals surface area (Å²) in [5.41, 5.74) is 1.68. The number of likely N-dealkylation sites (tertiary alicyclic amines) is 1. The second kappa shape index (κ2) is 5.15. The molecule has 0 spiro atoms. The maximum Gasteiger partial charge on any atom is 0.328 e. The first-order valence-corrected chi connectivity index (χ1v) is 6.85. The highest BCUT2D eigenvalue weighted by atomic mass is 16.5. The second-order valence-electron chi connectivity index (χ2n) is 5.10. The number of fused-ring (bicyclic) bond motifs is 1. The molecule has 2 heterocycles. The Bertz CT molecular complexity index is 555. The molecule has 0 radical (unpaired) electrons. The predicted molar refractivity (Wildman–Crippen MR) is 71.7 cm³/mol. The van der Waals surface area contributed by atoms with E-state index in [0.29, 0.717) is 25.1 Å². The Hall–Kier alpha value is -2.04. The van der Waals surface area contributed by atoms with Crippen LogP contribution in [-0.2, 0) is 16.0 Å². The van der Waals surface area contributed by atoms with Gasteiger partial charge in [0.05, 0.1) is 13.7 Å². The van der Waals surface area contributed by atoms with Crippen molar-refractivity contribution in [2.45, 2.75) is 25.3 Å². The highest BCUT2D eigenvalue weighted by Gasteiger charge is 2.35. The molecule has 1 amide bonds. The molecule has 5 heteroatoms. The van der Waals surface area contributed by atoms with Crippen LogP contribution in [0, 0.1) is 0 Å². The van der Waals surface area contributed by atoms with Crippen molar-refractivity contribution in [3.8, 4) is 5.75 Å². The molecule has 1 aromatic carbocycles. The molecule has 1 unspecified atom stereocenters. The Morgan fingerprint density at radius 2 is 2.25 bits per heavy atom. The Morgan fingerprint density at radius 1 is 1.40 bits per heavy atom. The predicted octanol–water partition coefficient (Wildman–Crippen LogP) is 1.40. The lowest BCUT2D eigenvalue weighted by Gasteiger charge is -2.22. The van der Waals surface area contributed by atoms with Gasteiger partial charge in [0.15, 0.2) is 0 Å². The van der Waals surface area contributed by atoms with Crippen LogP contribution in [0.4, 0.5) is 0 Å². The zero-order valence-corrected chi connectivity index (χ0v) is 11.4. The van der Waals surface area contributed by atoms with Gasteiger partial charge in [0.25, 0.3) is 5.91 Å². The topological polar surface area (TPSA) is 55.8 Å². The highest BCUT2D eigenvalue weighted by Crippen LogP contribution is 2.28. The second-order valence-corrected chi connectivity index (χ2v) is 5.10. The van der Waals surface area contributed by atoms with Crippen LogP contribution in [0.15, 0.2) is 18.2 Å². The van der Waals surface area contributed by atoms with Gasteiger partial charge in [-0.05, 0) is 36.6 Å². The third-order valence-corrected chi connectivity index (χ3v) is 3.92. The third-order valence-electron chi connectivity index (χ3n) is 3.92. The van der Waals surface area contributed by atoms with Crippen LogP contribution in [0.5, 0.6) is 5.75 Å². The minimum Gasteiger partial charge on any atom is -0.493 e. The lowest BCUT2D eigenvalue weighted by Crippen LogP contribution is -2.41. The molecule has 1 saturated heterocycles. The summed E-state index contributed by atoms with van der Waals surface area (Å²) in [6, 6.07) is 5.02. The van der Waals surface area contributed by atoms with E-state index < -0.39 is 6.04 Å². The van der Waals surface area contributed by atoms with E-state index in [9.17, 15) is 9.59 Å². The smallest absolute Gasteiger partial charge is 0.328 e. The molecule has 5 nitrogen and oxygen atoms in total. The van der Waals surface area contributed by atoms with E-state index >= 15 is 0 Å². The van der Waals surface area contributed by atoms with Crippen LogP contribution in [0.25, 0.3) is 0 Å². The Labute approximate surface area is 117 Å². The lowest BCUT2D eigenvalue weighted by atomic mass is 10.1. The van der Waals surface area contributed by atoms with Gasteiger partial charge >= 0.3 is 5.97 Å². The van der Waals surface area contributed by atoms with Crippen molar-refractivity contribution < 1.29 is 19.1 Å². The van der Waals surface area contributed by atoms with Gasteiger partial charge in [0, 0.05) is 18.5 Å². The van der Waals surface area contributed by atoms with E-state index in [4.69, 9.17) is 9.47 Å². The van der Waals surface area contributed by atoms with Gasteiger partial charge in [-0.2, -0.15) is 0 Å². The monoisotopic (exact) mass is 275 g/mol. The van der Waals surface area contributed by atoms with E-state index in [1.807, 2.05) is 12.1 Å². The van der Waals surface area contributed by atoms with Gasteiger partial charge in [-0.3, -0.25) is 4.79 Å². The van der Waals surface area contributed by atoms with Crippen LogP contribution in [-0.4, -0.2) is 43.1 Å². The van der Waals surface area contributed by atoms with Crippen molar-refractivity contribution in [1.82, 2.24) is 4.90 Å². The maximum absolute atomic E-state index is 12.6. The van der Waals surface area contributed by atoms with Gasteiger partial charge in [0.2, 0.25) is 0 Å². The molecule has 1 fully saturated rings. The van der Waals surface area contributed by atoms with Crippen LogP contribution >= 0.6 is 0 Å². The summed E-state index contributed by atoms with van der Waals surface area (Å²) in [5, 5.41) is 0. The molecular formula is C15H17NO4. The molecule has 0 N–H and O–H groups in total. The largest absolute Gasteiger partial charge is 0.493 e. The number of amides is 1. The molecule has 0 bridgehead atoms. The van der Waals surface area contributed by atoms with Crippen LogP contribution < -0.4 is 4.74 Å². The number of hydrogen-bond donors (Lipinski definition) is 0. The molecule has 1 atom stereocenters. The number of hydrogen-bond acceptors (Lipinski definition) is 4. The van der Waals surface area contributed by atoms with Gasteiger partial charge in [-0.1, -0.05) is 0 Å². The zero-order valence-electron chi connectivity index (χ0n) is 11.4. The standard InChI is InChI=1S/C15H17NO4/c1-19-15(18)12-3-2-7-16(12)14(17)11-4-5-13-10(9-11)6-8-20-13/h4-5,9,12H,2-3,6-8H2,1H3. The van der Waals surface area contributed by atoms with Crippen LogP contribution in [0.2, 0.25) is 0 Å². The van der Waals surface area contributed by atoms with Gasteiger partial charge in [0.1, 0.15) is 11.8 Å². The molecule has 2 aliphatic heterocycles. The molecule has 20 heavy (non-hydrogen) atoms. The average Bonchev–Trinajstić information content (AvgIpc) is 3.13. The summed E-state index contributed by atoms with van der Waals surface area (Å²) in [4.78, 5) is 25.9. The maximum atomic E-state index is 12.6. The Balaban J connectivity index is 1.83. The fraction of sp³-hybridized carbons (Fsp3) is 0.467. The molecule has 0 aliphatic carbocycles. The molecule has 0 saturated carbocycles. The summed E-state index contributed by atoms with van der Waals surface area (Å²) < 4.78 is 10.2. The normalized spacial score (nSPS) is 20.4. The first-order valence-electron chi connectivity index (χ1n) is 6.85. The van der Waals surface area contributed by atoms with E-state index in [1.54, 1.807) is 11.0 Å². The fourth-order valence-electron chi connectivity index (χ4n) is 2.88. The summed E-state index contributed by atoms with van der Waals surface area (Å²) >= 11 is 0. The summed E-state index contributed by atoms with van der Waals surface area (Å²) in [6.07, 6.45) is 2.34. The van der Waals surface area contributed by atoms with Gasteiger partial charge in [-0.15, -0.1) is 0 Å². The lowest BCUT2D eigenvalue weighted by molar-refractivity contribution is -0.145. The fourth-order valence-corrected chi connectivity index (χ4v) is 2.88. The van der Waals surface area contributed by atoms with E-state index in [-0.39, 0.29) is 11.9 Å². The first-order chi connectivity index (χ1) is 9.70. The van der Waals surface area contributed by atoms with Crippen molar-refractivity contribution in [2.24, 2.45) is 0 Å². The van der Waals surface area contributed by atoms with Crippen molar-refractivity contribution in [3.05, 3.63) is 29.3 Å². The number of ether oxygens (including phenoxy) is 2. The number of rotatable bonds is 2. The van der Waals surface area contributed by atoms with E-state index in [0.717, 1.165) is 24.2 Å². The number of methoxy groups -OCH3 is 1. The van der Waals surface area contributed by atoms with Crippen molar-refractivity contribution in [1.29, 1.82) is 0 Å². The number of nitrogens with zero attached hydrogens (tertiary/aromatic N) is 1. The Kier molecular flexibility index (Phi) is 3.34. The Morgan fingerprint density at radius 3 is 3.05 bits per heavy atom. The molecule has 3 rings (SSSR count). The van der Waals surface area contributed by atoms with Crippen molar-refractivity contribution in [3.63, 3.8) is 0 Å². The molecular weight excluding hydrogens is 258 g/mol. The summed E-state index contributed by atoms with van der Waals surface area (Å²) in [6.45, 7) is 1.27. The molecule has 2 aliphatic rings. The van der Waals surface area contributed by atoms with Gasteiger partial charge in [-0.25, -0.2) is 4.79 Å². The molecule has 106 valence electrons. The quantitative estimate of drug-likeness (QED) is 0.766. The van der Waals surface area contributed by atoms with E-state index in [1.165, 1.54) is 7.11 Å². The zero-order chi connectivity index (χ0) is 14.1. The number of benzene rings is 1. The summed E-state index contributed by atoms with van der Waals surface area (Å²) in [5.74, 6) is 0.417. The van der Waals surface area contributed by atoms with Crippen molar-refractivity contribution >= 4 is 11.9 Å². The number of carbonyl (C=O) groups is 2. The molecule has 1 aromatic rings. The minimum atomic E-state index is -0.447. The average molecular weight is 275 g/mol. The van der Waals surface area contributed by atoms with Gasteiger partial charge < -0.3 is 14.4 Å². The minimum absolute atomic E-state index is 0.104. The SMILES string of the molecule is COC(=O)C1CCCN1C(=O)c1ccc2c(c1)CCO2. The molecule has 0 aromatic heterocycles. The summed E-state index contributed by atoms with van der Waals surface area (Å²) in [7, 11) is 1.36. The first kappa shape index (κ1) is 13.0. The number of carbonyl (C=O) groups excluding carboxylic acids is 2.